The van der Waals surface area contributed by atoms with Crippen LogP contribution in [0.25, 0.3) is 0 Å². The van der Waals surface area contributed by atoms with E-state index in [9.17, 15) is 14.0 Å². The molecule has 0 atom stereocenters. The van der Waals surface area contributed by atoms with Gasteiger partial charge in [-0.15, -0.1) is 0 Å². The zero-order chi connectivity index (χ0) is 16.9. The predicted octanol–water partition coefficient (Wildman–Crippen LogP) is 2.34. The van der Waals surface area contributed by atoms with Gasteiger partial charge in [-0.3, -0.25) is 4.79 Å². The summed E-state index contributed by atoms with van der Waals surface area (Å²) in [7, 11) is 0. The van der Waals surface area contributed by atoms with Gasteiger partial charge in [0.05, 0.1) is 0 Å². The Morgan fingerprint density at radius 1 is 1.04 bits per heavy atom. The van der Waals surface area contributed by atoms with E-state index in [0.29, 0.717) is 12.3 Å². The molecule has 0 aromatic heterocycles. The zero-order valence-corrected chi connectivity index (χ0v) is 12.9. The number of carbonyl (C=O) groups excluding carboxylic acids is 2. The maximum atomic E-state index is 12.8. The number of amides is 1. The molecular formula is C18H16FNO4. The molecule has 0 saturated heterocycles. The van der Waals surface area contributed by atoms with Gasteiger partial charge in [-0.1, -0.05) is 18.2 Å². The minimum atomic E-state index is -0.653. The molecule has 0 N–H and O–H groups in total. The number of halogens is 1. The van der Waals surface area contributed by atoms with Crippen molar-refractivity contribution in [3.05, 3.63) is 59.9 Å². The zero-order valence-electron chi connectivity index (χ0n) is 12.9. The first-order chi connectivity index (χ1) is 11.6. The standard InChI is InChI=1S/C18H16FNO4/c19-14-5-7-15(8-6-14)23-12-18(22)24-11-17(21)20-10-9-13-3-1-2-4-16(13)20/h1-8H,9-12H2. The number of rotatable bonds is 5. The van der Waals surface area contributed by atoms with E-state index in [4.69, 9.17) is 9.47 Å². The number of hydrogen-bond acceptors (Lipinski definition) is 4. The molecule has 0 bridgehead atoms. The average Bonchev–Trinajstić information content (AvgIpc) is 3.03. The summed E-state index contributed by atoms with van der Waals surface area (Å²) in [5.41, 5.74) is 1.97. The highest BCUT2D eigenvalue weighted by atomic mass is 19.1. The van der Waals surface area contributed by atoms with Crippen molar-refractivity contribution < 1.29 is 23.5 Å². The van der Waals surface area contributed by atoms with E-state index in [1.165, 1.54) is 24.3 Å². The van der Waals surface area contributed by atoms with Gasteiger partial charge in [0.15, 0.2) is 13.2 Å². The van der Waals surface area contributed by atoms with Gasteiger partial charge < -0.3 is 14.4 Å². The molecule has 24 heavy (non-hydrogen) atoms. The van der Waals surface area contributed by atoms with Gasteiger partial charge in [0.2, 0.25) is 0 Å². The quantitative estimate of drug-likeness (QED) is 0.790. The van der Waals surface area contributed by atoms with Crippen LogP contribution in [0, 0.1) is 5.82 Å². The fraction of sp³-hybridized carbons (Fsp3) is 0.222. The molecule has 2 aromatic carbocycles. The summed E-state index contributed by atoms with van der Waals surface area (Å²) in [5, 5.41) is 0. The molecule has 3 rings (SSSR count). The lowest BCUT2D eigenvalue weighted by atomic mass is 10.2. The highest BCUT2D eigenvalue weighted by Crippen LogP contribution is 2.27. The van der Waals surface area contributed by atoms with E-state index < -0.39 is 5.97 Å². The molecule has 0 fully saturated rings. The summed E-state index contributed by atoms with van der Waals surface area (Å²) in [6.45, 7) is -0.0861. The second kappa shape index (κ2) is 7.12. The third-order valence-electron chi connectivity index (χ3n) is 3.72. The molecule has 1 heterocycles. The Kier molecular flexibility index (Phi) is 4.74. The van der Waals surface area contributed by atoms with Crippen molar-refractivity contribution in [1.29, 1.82) is 0 Å². The molecule has 124 valence electrons. The molecule has 0 unspecified atom stereocenters. The van der Waals surface area contributed by atoms with Crippen LogP contribution in [-0.2, 0) is 20.7 Å². The maximum absolute atomic E-state index is 12.8. The molecule has 0 aliphatic carbocycles. The van der Waals surface area contributed by atoms with E-state index >= 15 is 0 Å². The van der Waals surface area contributed by atoms with Crippen molar-refractivity contribution in [3.8, 4) is 5.75 Å². The largest absolute Gasteiger partial charge is 0.482 e. The SMILES string of the molecule is O=C(COc1ccc(F)cc1)OCC(=O)N1CCc2ccccc21. The first kappa shape index (κ1) is 16.0. The lowest BCUT2D eigenvalue weighted by Gasteiger charge is -2.17. The summed E-state index contributed by atoms with van der Waals surface area (Å²) < 4.78 is 22.9. The van der Waals surface area contributed by atoms with Gasteiger partial charge in [0.25, 0.3) is 5.91 Å². The number of ether oxygens (including phenoxy) is 2. The first-order valence-electron chi connectivity index (χ1n) is 7.56. The number of anilines is 1. The molecule has 1 amide bonds. The molecule has 1 aliphatic rings. The van der Waals surface area contributed by atoms with Crippen LogP contribution in [0.4, 0.5) is 10.1 Å². The second-order valence-electron chi connectivity index (χ2n) is 5.33. The van der Waals surface area contributed by atoms with Crippen molar-refractivity contribution >= 4 is 17.6 Å². The van der Waals surface area contributed by atoms with Gasteiger partial charge in [0, 0.05) is 12.2 Å². The Bertz CT molecular complexity index is 745. The predicted molar refractivity (Wildman–Crippen MR) is 85.4 cm³/mol. The van der Waals surface area contributed by atoms with Gasteiger partial charge >= 0.3 is 5.97 Å². The Labute approximate surface area is 138 Å². The van der Waals surface area contributed by atoms with Crippen LogP contribution in [0.5, 0.6) is 5.75 Å². The minimum absolute atomic E-state index is 0.268. The fourth-order valence-electron chi connectivity index (χ4n) is 2.53. The van der Waals surface area contributed by atoms with Gasteiger partial charge in [-0.2, -0.15) is 0 Å². The number of hydrogen-bond donors (Lipinski definition) is 0. The Balaban J connectivity index is 1.46. The van der Waals surface area contributed by atoms with E-state index in [-0.39, 0.29) is 24.9 Å². The number of fused-ring (bicyclic) bond motifs is 1. The fourth-order valence-corrected chi connectivity index (χ4v) is 2.53. The summed E-state index contributed by atoms with van der Waals surface area (Å²) in [4.78, 5) is 25.5. The van der Waals surface area contributed by atoms with Crippen LogP contribution in [0.3, 0.4) is 0 Å². The number of carbonyl (C=O) groups is 2. The van der Waals surface area contributed by atoms with Crippen LogP contribution >= 0.6 is 0 Å². The second-order valence-corrected chi connectivity index (χ2v) is 5.33. The molecule has 0 saturated carbocycles. The smallest absolute Gasteiger partial charge is 0.344 e. The molecule has 0 radical (unpaired) electrons. The lowest BCUT2D eigenvalue weighted by molar-refractivity contribution is -0.149. The molecule has 5 nitrogen and oxygen atoms in total. The number of esters is 1. The third-order valence-corrected chi connectivity index (χ3v) is 3.72. The monoisotopic (exact) mass is 329 g/mol. The van der Waals surface area contributed by atoms with E-state index in [2.05, 4.69) is 0 Å². The van der Waals surface area contributed by atoms with Gasteiger partial charge in [-0.25, -0.2) is 9.18 Å². The number of para-hydroxylation sites is 1. The van der Waals surface area contributed by atoms with Crippen LogP contribution in [0.2, 0.25) is 0 Å². The van der Waals surface area contributed by atoms with Crippen molar-refractivity contribution in [1.82, 2.24) is 0 Å². The first-order valence-corrected chi connectivity index (χ1v) is 7.56. The minimum Gasteiger partial charge on any atom is -0.482 e. The van der Waals surface area contributed by atoms with Gasteiger partial charge in [-0.05, 0) is 42.3 Å². The average molecular weight is 329 g/mol. The molecular weight excluding hydrogens is 313 g/mol. The van der Waals surface area contributed by atoms with Crippen molar-refractivity contribution in [3.63, 3.8) is 0 Å². The number of benzene rings is 2. The molecule has 0 spiro atoms. The third kappa shape index (κ3) is 3.71. The molecule has 1 aliphatic heterocycles. The van der Waals surface area contributed by atoms with Crippen LogP contribution in [0.1, 0.15) is 5.56 Å². The van der Waals surface area contributed by atoms with Crippen molar-refractivity contribution in [2.24, 2.45) is 0 Å². The highest BCUT2D eigenvalue weighted by Gasteiger charge is 2.24. The highest BCUT2D eigenvalue weighted by molar-refractivity contribution is 5.97. The molecule has 6 heteroatoms. The maximum Gasteiger partial charge on any atom is 0.344 e. The van der Waals surface area contributed by atoms with E-state index in [1.54, 1.807) is 4.90 Å². The topological polar surface area (TPSA) is 55.8 Å². The summed E-state index contributed by atoms with van der Waals surface area (Å²) in [5.74, 6) is -0.954. The van der Waals surface area contributed by atoms with E-state index in [1.807, 2.05) is 24.3 Å². The number of nitrogens with zero attached hydrogens (tertiary/aromatic N) is 1. The Morgan fingerprint density at radius 3 is 2.58 bits per heavy atom. The van der Waals surface area contributed by atoms with Crippen LogP contribution in [-0.4, -0.2) is 31.6 Å². The van der Waals surface area contributed by atoms with Gasteiger partial charge in [0.1, 0.15) is 11.6 Å². The van der Waals surface area contributed by atoms with E-state index in [0.717, 1.165) is 17.7 Å². The van der Waals surface area contributed by atoms with Crippen LogP contribution in [0.15, 0.2) is 48.5 Å². The van der Waals surface area contributed by atoms with Crippen molar-refractivity contribution in [2.75, 3.05) is 24.7 Å². The normalized spacial score (nSPS) is 12.6. The lowest BCUT2D eigenvalue weighted by Crippen LogP contribution is -2.33. The Hall–Kier alpha value is -2.89. The summed E-state index contributed by atoms with van der Waals surface area (Å²) >= 11 is 0. The summed E-state index contributed by atoms with van der Waals surface area (Å²) in [6.07, 6.45) is 0.795. The van der Waals surface area contributed by atoms with Crippen LogP contribution < -0.4 is 9.64 Å². The molecule has 2 aromatic rings. The van der Waals surface area contributed by atoms with Crippen molar-refractivity contribution in [2.45, 2.75) is 6.42 Å². The Morgan fingerprint density at radius 2 is 1.79 bits per heavy atom. The summed E-state index contributed by atoms with van der Waals surface area (Å²) in [6, 6.07) is 12.9.